The maximum Gasteiger partial charge on any atom is 0.416 e. The third-order valence-electron chi connectivity index (χ3n) is 3.45. The van der Waals surface area contributed by atoms with Crippen LogP contribution in [0.2, 0.25) is 0 Å². The van der Waals surface area contributed by atoms with E-state index in [1.54, 1.807) is 13.8 Å². The van der Waals surface area contributed by atoms with Gasteiger partial charge in [0.1, 0.15) is 0 Å². The molecule has 0 fully saturated rings. The fourth-order valence-corrected chi connectivity index (χ4v) is 2.16. The number of alkyl halides is 6. The van der Waals surface area contributed by atoms with Gasteiger partial charge in [0.25, 0.3) is 0 Å². The summed E-state index contributed by atoms with van der Waals surface area (Å²) in [5.74, 6) is -0.394. The van der Waals surface area contributed by atoms with Crippen LogP contribution >= 0.6 is 0 Å². The van der Waals surface area contributed by atoms with E-state index in [0.717, 1.165) is 0 Å². The Bertz CT molecular complexity index is 441. The summed E-state index contributed by atoms with van der Waals surface area (Å²) in [6.07, 6.45) is -10.2. The van der Waals surface area contributed by atoms with Crippen molar-refractivity contribution in [2.24, 2.45) is 5.92 Å². The smallest absolute Gasteiger partial charge is 0.388 e. The first-order valence-electron chi connectivity index (χ1n) is 6.48. The number of benzene rings is 1. The van der Waals surface area contributed by atoms with E-state index in [9.17, 15) is 31.4 Å². The van der Waals surface area contributed by atoms with Gasteiger partial charge in [-0.05, 0) is 29.7 Å². The molecule has 0 aliphatic heterocycles. The summed E-state index contributed by atoms with van der Waals surface area (Å²) in [5.41, 5.74) is -3.17. The molecule has 21 heavy (non-hydrogen) atoms. The summed E-state index contributed by atoms with van der Waals surface area (Å²) in [6, 6.07) is 1.22. The van der Waals surface area contributed by atoms with Crippen molar-refractivity contribution in [3.05, 3.63) is 34.9 Å². The van der Waals surface area contributed by atoms with E-state index >= 15 is 0 Å². The van der Waals surface area contributed by atoms with Gasteiger partial charge < -0.3 is 5.11 Å². The molecule has 1 atom stereocenters. The van der Waals surface area contributed by atoms with Crippen LogP contribution in [0.3, 0.4) is 0 Å². The van der Waals surface area contributed by atoms with Crippen LogP contribution in [0.1, 0.15) is 49.5 Å². The van der Waals surface area contributed by atoms with Crippen LogP contribution in [0.4, 0.5) is 26.3 Å². The SMILES string of the molecule is CCC(CC)C(O)c1cc(C(F)(F)F)cc(C(F)(F)F)c1. The molecule has 0 aliphatic rings. The minimum Gasteiger partial charge on any atom is -0.388 e. The Balaban J connectivity index is 3.38. The van der Waals surface area contributed by atoms with Crippen LogP contribution in [0, 0.1) is 5.92 Å². The van der Waals surface area contributed by atoms with Crippen LogP contribution in [-0.4, -0.2) is 5.11 Å². The van der Waals surface area contributed by atoms with E-state index in [1.807, 2.05) is 0 Å². The molecule has 120 valence electrons. The van der Waals surface area contributed by atoms with Crippen molar-refractivity contribution < 1.29 is 31.4 Å². The topological polar surface area (TPSA) is 20.2 Å². The molecule has 0 amide bonds. The van der Waals surface area contributed by atoms with Crippen LogP contribution in [0.5, 0.6) is 0 Å². The zero-order chi connectivity index (χ0) is 16.4. The summed E-state index contributed by atoms with van der Waals surface area (Å²) in [7, 11) is 0. The van der Waals surface area contributed by atoms with Gasteiger partial charge in [-0.2, -0.15) is 26.3 Å². The molecule has 0 aliphatic carbocycles. The van der Waals surface area contributed by atoms with Gasteiger partial charge in [-0.1, -0.05) is 26.7 Å². The Morgan fingerprint density at radius 1 is 0.857 bits per heavy atom. The maximum absolute atomic E-state index is 12.7. The average Bonchev–Trinajstić information content (AvgIpc) is 2.37. The summed E-state index contributed by atoms with van der Waals surface area (Å²) < 4.78 is 76.3. The van der Waals surface area contributed by atoms with Crippen LogP contribution in [0.15, 0.2) is 18.2 Å². The molecule has 0 saturated heterocycles. The van der Waals surface area contributed by atoms with Gasteiger partial charge in [-0.3, -0.25) is 0 Å². The van der Waals surface area contributed by atoms with E-state index in [4.69, 9.17) is 0 Å². The molecule has 0 heterocycles. The molecule has 1 unspecified atom stereocenters. The Labute approximate surface area is 118 Å². The highest BCUT2D eigenvalue weighted by atomic mass is 19.4. The number of aliphatic hydroxyl groups excluding tert-OH is 1. The first-order chi connectivity index (χ1) is 9.50. The molecule has 1 rings (SSSR count). The second-order valence-corrected chi connectivity index (χ2v) is 4.86. The third kappa shape index (κ3) is 4.36. The molecule has 1 aromatic rings. The van der Waals surface area contributed by atoms with Gasteiger partial charge in [-0.25, -0.2) is 0 Å². The summed E-state index contributed by atoms with van der Waals surface area (Å²) in [5, 5.41) is 10.0. The lowest BCUT2D eigenvalue weighted by molar-refractivity contribution is -0.143. The van der Waals surface area contributed by atoms with Crippen molar-refractivity contribution in [1.82, 2.24) is 0 Å². The van der Waals surface area contributed by atoms with Crippen LogP contribution < -0.4 is 0 Å². The largest absolute Gasteiger partial charge is 0.416 e. The highest BCUT2D eigenvalue weighted by Crippen LogP contribution is 2.39. The fraction of sp³-hybridized carbons (Fsp3) is 0.571. The van der Waals surface area contributed by atoms with Crippen molar-refractivity contribution in [2.45, 2.75) is 45.1 Å². The average molecular weight is 314 g/mol. The number of halogens is 6. The van der Waals surface area contributed by atoms with Gasteiger partial charge in [0.05, 0.1) is 17.2 Å². The van der Waals surface area contributed by atoms with E-state index in [-0.39, 0.29) is 11.6 Å². The predicted molar refractivity (Wildman–Crippen MR) is 65.5 cm³/mol. The first-order valence-corrected chi connectivity index (χ1v) is 6.48. The number of hydrogen-bond acceptors (Lipinski definition) is 1. The third-order valence-corrected chi connectivity index (χ3v) is 3.45. The number of aliphatic hydroxyl groups is 1. The lowest BCUT2D eigenvalue weighted by atomic mass is 9.89. The minimum atomic E-state index is -4.90. The van der Waals surface area contributed by atoms with Crippen LogP contribution in [0.25, 0.3) is 0 Å². The first kappa shape index (κ1) is 17.8. The lowest BCUT2D eigenvalue weighted by Crippen LogP contribution is -2.16. The summed E-state index contributed by atoms with van der Waals surface area (Å²) in [4.78, 5) is 0. The molecule has 0 spiro atoms. The van der Waals surface area contributed by atoms with Gasteiger partial charge in [0, 0.05) is 0 Å². The molecule has 7 heteroatoms. The Hall–Kier alpha value is -1.24. The zero-order valence-electron chi connectivity index (χ0n) is 11.5. The molecule has 0 radical (unpaired) electrons. The second-order valence-electron chi connectivity index (χ2n) is 4.86. The standard InChI is InChI=1S/C14H16F6O/c1-3-8(4-2)12(21)9-5-10(13(15,16)17)7-11(6-9)14(18,19)20/h5-8,12,21H,3-4H2,1-2H3. The van der Waals surface area contributed by atoms with Crippen molar-refractivity contribution in [1.29, 1.82) is 0 Å². The number of rotatable bonds is 4. The van der Waals surface area contributed by atoms with Crippen molar-refractivity contribution in [3.63, 3.8) is 0 Å². The second kappa shape index (κ2) is 6.25. The van der Waals surface area contributed by atoms with Crippen LogP contribution in [-0.2, 0) is 12.4 Å². The molecule has 0 aromatic heterocycles. The zero-order valence-corrected chi connectivity index (χ0v) is 11.5. The van der Waals surface area contributed by atoms with E-state index < -0.39 is 35.5 Å². The van der Waals surface area contributed by atoms with Crippen molar-refractivity contribution in [2.75, 3.05) is 0 Å². The van der Waals surface area contributed by atoms with E-state index in [0.29, 0.717) is 25.0 Å². The van der Waals surface area contributed by atoms with Crippen molar-refractivity contribution >= 4 is 0 Å². The molecule has 1 N–H and O–H groups in total. The predicted octanol–water partition coefficient (Wildman–Crippen LogP) is 5.19. The maximum atomic E-state index is 12.7. The quantitative estimate of drug-likeness (QED) is 0.758. The number of hydrogen-bond donors (Lipinski definition) is 1. The Morgan fingerprint density at radius 2 is 1.24 bits per heavy atom. The van der Waals surface area contributed by atoms with Gasteiger partial charge in [-0.15, -0.1) is 0 Å². The molecule has 0 bridgehead atoms. The fourth-order valence-electron chi connectivity index (χ4n) is 2.16. The Morgan fingerprint density at radius 3 is 1.52 bits per heavy atom. The Kier molecular flexibility index (Phi) is 5.30. The molecular formula is C14H16F6O. The minimum absolute atomic E-state index is 0.0586. The highest BCUT2D eigenvalue weighted by molar-refractivity contribution is 5.35. The van der Waals surface area contributed by atoms with E-state index in [1.165, 1.54) is 0 Å². The summed E-state index contributed by atoms with van der Waals surface area (Å²) >= 11 is 0. The molecule has 0 saturated carbocycles. The monoisotopic (exact) mass is 314 g/mol. The normalized spacial score (nSPS) is 14.6. The molecular weight excluding hydrogens is 298 g/mol. The lowest BCUT2D eigenvalue weighted by Gasteiger charge is -2.22. The molecule has 1 nitrogen and oxygen atoms in total. The van der Waals surface area contributed by atoms with Gasteiger partial charge in [0.2, 0.25) is 0 Å². The van der Waals surface area contributed by atoms with Gasteiger partial charge in [0.15, 0.2) is 0 Å². The van der Waals surface area contributed by atoms with Gasteiger partial charge >= 0.3 is 12.4 Å². The van der Waals surface area contributed by atoms with Crippen molar-refractivity contribution in [3.8, 4) is 0 Å². The highest BCUT2D eigenvalue weighted by Gasteiger charge is 2.37. The van der Waals surface area contributed by atoms with E-state index in [2.05, 4.69) is 0 Å². The molecule has 1 aromatic carbocycles. The summed E-state index contributed by atoms with van der Waals surface area (Å²) in [6.45, 7) is 3.44.